The average Bonchev–Trinajstić information content (AvgIpc) is 2.08. The maximum Gasteiger partial charge on any atom is 0.0953 e. The molecule has 2 unspecified atom stereocenters. The molecule has 1 aromatic carbocycles. The van der Waals surface area contributed by atoms with Crippen LogP contribution in [0.5, 0.6) is 0 Å². The van der Waals surface area contributed by atoms with Crippen molar-refractivity contribution in [2.45, 2.75) is 19.1 Å². The highest BCUT2D eigenvalue weighted by atomic mass is 35.5. The van der Waals surface area contributed by atoms with Gasteiger partial charge in [0, 0.05) is 21.7 Å². The lowest BCUT2D eigenvalue weighted by atomic mass is 10.0. The van der Waals surface area contributed by atoms with Gasteiger partial charge >= 0.3 is 0 Å². The quantitative estimate of drug-likeness (QED) is 0.803. The van der Waals surface area contributed by atoms with E-state index < -0.39 is 6.10 Å². The second-order valence-electron chi connectivity index (χ2n) is 2.97. The molecule has 0 fully saturated rings. The van der Waals surface area contributed by atoms with Gasteiger partial charge in [-0.2, -0.15) is 0 Å². The smallest absolute Gasteiger partial charge is 0.0953 e. The molecule has 0 saturated carbocycles. The number of hydrogen-bond acceptors (Lipinski definition) is 2. The standard InChI is InChI=1S/C9H11Cl2NO/c1-5(12)9(13)7-4-6(10)2-3-8(7)11/h2-5,9,13H,12H2,1H3. The predicted molar refractivity (Wildman–Crippen MR) is 55.1 cm³/mol. The zero-order chi connectivity index (χ0) is 10.0. The van der Waals surface area contributed by atoms with E-state index in [0.717, 1.165) is 0 Å². The van der Waals surface area contributed by atoms with Crippen LogP contribution in [0.2, 0.25) is 10.0 Å². The van der Waals surface area contributed by atoms with E-state index >= 15 is 0 Å². The Kier molecular flexibility index (Phi) is 3.56. The van der Waals surface area contributed by atoms with Crippen molar-refractivity contribution in [3.05, 3.63) is 33.8 Å². The maximum atomic E-state index is 9.63. The molecule has 0 heterocycles. The molecule has 1 aromatic rings. The van der Waals surface area contributed by atoms with Crippen LogP contribution in [0.1, 0.15) is 18.6 Å². The van der Waals surface area contributed by atoms with E-state index in [9.17, 15) is 5.11 Å². The average molecular weight is 220 g/mol. The van der Waals surface area contributed by atoms with Crippen LogP contribution in [0, 0.1) is 0 Å². The second kappa shape index (κ2) is 4.29. The van der Waals surface area contributed by atoms with Crippen LogP contribution in [-0.4, -0.2) is 11.1 Å². The van der Waals surface area contributed by atoms with Crippen molar-refractivity contribution in [3.63, 3.8) is 0 Å². The fourth-order valence-electron chi connectivity index (χ4n) is 1.02. The zero-order valence-electron chi connectivity index (χ0n) is 7.17. The number of rotatable bonds is 2. The number of halogens is 2. The lowest BCUT2D eigenvalue weighted by molar-refractivity contribution is 0.153. The minimum absolute atomic E-state index is 0.365. The monoisotopic (exact) mass is 219 g/mol. The zero-order valence-corrected chi connectivity index (χ0v) is 8.68. The molecule has 2 atom stereocenters. The van der Waals surface area contributed by atoms with Crippen molar-refractivity contribution in [1.29, 1.82) is 0 Å². The molecule has 0 aliphatic heterocycles. The van der Waals surface area contributed by atoms with E-state index in [2.05, 4.69) is 0 Å². The molecular weight excluding hydrogens is 209 g/mol. The summed E-state index contributed by atoms with van der Waals surface area (Å²) < 4.78 is 0. The topological polar surface area (TPSA) is 46.2 Å². The van der Waals surface area contributed by atoms with E-state index in [4.69, 9.17) is 28.9 Å². The summed E-state index contributed by atoms with van der Waals surface area (Å²) in [6.07, 6.45) is -0.772. The molecular formula is C9H11Cl2NO. The molecule has 72 valence electrons. The third kappa shape index (κ3) is 2.58. The summed E-state index contributed by atoms with van der Waals surface area (Å²) in [6, 6.07) is 4.57. The van der Waals surface area contributed by atoms with Gasteiger partial charge in [-0.05, 0) is 25.1 Å². The number of benzene rings is 1. The van der Waals surface area contributed by atoms with Gasteiger partial charge in [-0.15, -0.1) is 0 Å². The van der Waals surface area contributed by atoms with Crippen LogP contribution in [0.4, 0.5) is 0 Å². The third-order valence-electron chi connectivity index (χ3n) is 1.77. The SMILES string of the molecule is CC(N)C(O)c1cc(Cl)ccc1Cl. The molecule has 0 aliphatic carbocycles. The Morgan fingerprint density at radius 3 is 2.54 bits per heavy atom. The number of aliphatic hydroxyl groups is 1. The van der Waals surface area contributed by atoms with Crippen LogP contribution in [0.25, 0.3) is 0 Å². The van der Waals surface area contributed by atoms with Crippen molar-refractivity contribution in [3.8, 4) is 0 Å². The van der Waals surface area contributed by atoms with Crippen LogP contribution in [-0.2, 0) is 0 Å². The first-order valence-electron chi connectivity index (χ1n) is 3.91. The summed E-state index contributed by atoms with van der Waals surface area (Å²) >= 11 is 11.6. The van der Waals surface area contributed by atoms with E-state index in [0.29, 0.717) is 15.6 Å². The molecule has 2 nitrogen and oxygen atoms in total. The highest BCUT2D eigenvalue weighted by molar-refractivity contribution is 6.33. The molecule has 0 saturated heterocycles. The Labute approximate surface area is 87.3 Å². The Balaban J connectivity index is 3.05. The molecule has 1 rings (SSSR count). The van der Waals surface area contributed by atoms with Crippen molar-refractivity contribution in [2.75, 3.05) is 0 Å². The van der Waals surface area contributed by atoms with Crippen LogP contribution in [0.3, 0.4) is 0 Å². The summed E-state index contributed by atoms with van der Waals surface area (Å²) in [5.74, 6) is 0. The Morgan fingerprint density at radius 2 is 2.00 bits per heavy atom. The fourth-order valence-corrected chi connectivity index (χ4v) is 1.43. The summed E-state index contributed by atoms with van der Waals surface area (Å²) in [5.41, 5.74) is 6.11. The van der Waals surface area contributed by atoms with Crippen LogP contribution in [0.15, 0.2) is 18.2 Å². The Morgan fingerprint density at radius 1 is 1.38 bits per heavy atom. The van der Waals surface area contributed by atoms with Gasteiger partial charge in [0.2, 0.25) is 0 Å². The maximum absolute atomic E-state index is 9.63. The first kappa shape index (κ1) is 10.8. The summed E-state index contributed by atoms with van der Waals surface area (Å²) in [6.45, 7) is 1.71. The highest BCUT2D eigenvalue weighted by Crippen LogP contribution is 2.27. The summed E-state index contributed by atoms with van der Waals surface area (Å²) in [4.78, 5) is 0. The highest BCUT2D eigenvalue weighted by Gasteiger charge is 2.15. The largest absolute Gasteiger partial charge is 0.387 e. The summed E-state index contributed by atoms with van der Waals surface area (Å²) in [7, 11) is 0. The minimum atomic E-state index is -0.772. The van der Waals surface area contributed by atoms with Crippen molar-refractivity contribution < 1.29 is 5.11 Å². The Hall–Kier alpha value is -0.280. The first-order chi connectivity index (χ1) is 6.02. The van der Waals surface area contributed by atoms with Crippen molar-refractivity contribution >= 4 is 23.2 Å². The van der Waals surface area contributed by atoms with Gasteiger partial charge in [0.15, 0.2) is 0 Å². The summed E-state index contributed by atoms with van der Waals surface area (Å²) in [5, 5.41) is 10.7. The predicted octanol–water partition coefficient (Wildman–Crippen LogP) is 2.37. The molecule has 0 aliphatic rings. The van der Waals surface area contributed by atoms with Crippen LogP contribution >= 0.6 is 23.2 Å². The third-order valence-corrected chi connectivity index (χ3v) is 2.35. The van der Waals surface area contributed by atoms with E-state index in [1.807, 2.05) is 0 Å². The molecule has 0 amide bonds. The Bertz CT molecular complexity index is 302. The number of nitrogens with two attached hydrogens (primary N) is 1. The molecule has 4 heteroatoms. The van der Waals surface area contributed by atoms with Gasteiger partial charge in [-0.3, -0.25) is 0 Å². The molecule has 13 heavy (non-hydrogen) atoms. The number of hydrogen-bond donors (Lipinski definition) is 2. The van der Waals surface area contributed by atoms with Gasteiger partial charge in [-0.25, -0.2) is 0 Å². The minimum Gasteiger partial charge on any atom is -0.387 e. The van der Waals surface area contributed by atoms with Gasteiger partial charge in [0.25, 0.3) is 0 Å². The van der Waals surface area contributed by atoms with Gasteiger partial charge in [0.1, 0.15) is 0 Å². The van der Waals surface area contributed by atoms with Crippen molar-refractivity contribution in [2.24, 2.45) is 5.73 Å². The fraction of sp³-hybridized carbons (Fsp3) is 0.333. The van der Waals surface area contributed by atoms with Gasteiger partial charge in [-0.1, -0.05) is 23.2 Å². The first-order valence-corrected chi connectivity index (χ1v) is 4.66. The number of aliphatic hydroxyl groups excluding tert-OH is 1. The van der Waals surface area contributed by atoms with Gasteiger partial charge in [0.05, 0.1) is 6.10 Å². The van der Waals surface area contributed by atoms with E-state index in [1.54, 1.807) is 25.1 Å². The van der Waals surface area contributed by atoms with E-state index in [-0.39, 0.29) is 6.04 Å². The lowest BCUT2D eigenvalue weighted by Crippen LogP contribution is -2.24. The second-order valence-corrected chi connectivity index (χ2v) is 3.81. The van der Waals surface area contributed by atoms with Crippen molar-refractivity contribution in [1.82, 2.24) is 0 Å². The molecule has 0 spiro atoms. The van der Waals surface area contributed by atoms with Gasteiger partial charge < -0.3 is 10.8 Å². The molecule has 0 bridgehead atoms. The molecule has 3 N–H and O–H groups in total. The van der Waals surface area contributed by atoms with Crippen LogP contribution < -0.4 is 5.73 Å². The molecule has 0 aromatic heterocycles. The normalized spacial score (nSPS) is 15.5. The lowest BCUT2D eigenvalue weighted by Gasteiger charge is -2.16. The molecule has 0 radical (unpaired) electrons. The van der Waals surface area contributed by atoms with E-state index in [1.165, 1.54) is 0 Å².